The molecule has 1 N–H and O–H groups in total. The van der Waals surface area contributed by atoms with E-state index in [2.05, 4.69) is 10.3 Å². The van der Waals surface area contributed by atoms with Gasteiger partial charge in [-0.1, -0.05) is 30.3 Å². The molecule has 3 nitrogen and oxygen atoms in total. The monoisotopic (exact) mass is 306 g/mol. The van der Waals surface area contributed by atoms with Gasteiger partial charge < -0.3 is 5.32 Å². The molecule has 0 bridgehead atoms. The van der Waals surface area contributed by atoms with Gasteiger partial charge >= 0.3 is 0 Å². The normalized spacial score (nSPS) is 10.3. The zero-order valence-electron chi connectivity index (χ0n) is 12.6. The van der Waals surface area contributed by atoms with Crippen LogP contribution in [-0.4, -0.2) is 10.9 Å². The minimum atomic E-state index is -0.314. The van der Waals surface area contributed by atoms with Crippen molar-refractivity contribution in [2.75, 3.05) is 5.32 Å². The van der Waals surface area contributed by atoms with Crippen LogP contribution in [-0.2, 0) is 0 Å². The molecule has 4 heteroatoms. The standard InChI is InChI=1S/C19H15FN2O/c1-13-5-2-3-8-17(13)22-19(23)15-9-10-18(21-12-15)14-6-4-7-16(20)11-14/h2-12H,1H3,(H,22,23). The van der Waals surface area contributed by atoms with E-state index in [0.29, 0.717) is 16.8 Å². The Morgan fingerprint density at radius 3 is 2.57 bits per heavy atom. The van der Waals surface area contributed by atoms with Crippen molar-refractivity contribution in [2.45, 2.75) is 6.92 Å². The van der Waals surface area contributed by atoms with Crippen LogP contribution in [0.5, 0.6) is 0 Å². The molecule has 0 fully saturated rings. The maximum Gasteiger partial charge on any atom is 0.257 e. The minimum Gasteiger partial charge on any atom is -0.322 e. The van der Waals surface area contributed by atoms with Gasteiger partial charge in [-0.3, -0.25) is 9.78 Å². The number of anilines is 1. The molecule has 114 valence electrons. The lowest BCUT2D eigenvalue weighted by atomic mass is 10.1. The van der Waals surface area contributed by atoms with Crippen LogP contribution in [0.25, 0.3) is 11.3 Å². The third kappa shape index (κ3) is 3.43. The molecule has 0 unspecified atom stereocenters. The first-order valence-corrected chi connectivity index (χ1v) is 7.22. The van der Waals surface area contributed by atoms with E-state index in [4.69, 9.17) is 0 Å². The third-order valence-corrected chi connectivity index (χ3v) is 3.54. The van der Waals surface area contributed by atoms with E-state index in [-0.39, 0.29) is 11.7 Å². The van der Waals surface area contributed by atoms with Crippen molar-refractivity contribution >= 4 is 11.6 Å². The molecule has 3 aromatic rings. The molecule has 0 aliphatic heterocycles. The van der Waals surface area contributed by atoms with Gasteiger partial charge in [-0.2, -0.15) is 0 Å². The second kappa shape index (κ2) is 6.40. The lowest BCUT2D eigenvalue weighted by Crippen LogP contribution is -2.13. The molecule has 1 heterocycles. The maximum atomic E-state index is 13.2. The lowest BCUT2D eigenvalue weighted by Gasteiger charge is -2.08. The number of nitrogens with zero attached hydrogens (tertiary/aromatic N) is 1. The van der Waals surface area contributed by atoms with E-state index >= 15 is 0 Å². The van der Waals surface area contributed by atoms with E-state index in [9.17, 15) is 9.18 Å². The number of para-hydroxylation sites is 1. The van der Waals surface area contributed by atoms with Crippen LogP contribution in [0.2, 0.25) is 0 Å². The molecule has 0 saturated heterocycles. The van der Waals surface area contributed by atoms with Crippen molar-refractivity contribution in [1.82, 2.24) is 4.98 Å². The summed E-state index contributed by atoms with van der Waals surface area (Å²) in [6, 6.07) is 17.2. The van der Waals surface area contributed by atoms with Crippen molar-refractivity contribution < 1.29 is 9.18 Å². The van der Waals surface area contributed by atoms with Gasteiger partial charge in [0.15, 0.2) is 0 Å². The Kier molecular flexibility index (Phi) is 4.15. The number of rotatable bonds is 3. The molecule has 0 radical (unpaired) electrons. The predicted octanol–water partition coefficient (Wildman–Crippen LogP) is 4.45. The quantitative estimate of drug-likeness (QED) is 0.777. The molecule has 1 aromatic heterocycles. The first-order valence-electron chi connectivity index (χ1n) is 7.22. The number of pyridine rings is 1. The van der Waals surface area contributed by atoms with E-state index in [1.807, 2.05) is 31.2 Å². The Bertz CT molecular complexity index is 844. The van der Waals surface area contributed by atoms with Crippen LogP contribution in [0.1, 0.15) is 15.9 Å². The largest absolute Gasteiger partial charge is 0.322 e. The average Bonchev–Trinajstić information content (AvgIpc) is 2.57. The van der Waals surface area contributed by atoms with Crippen LogP contribution >= 0.6 is 0 Å². The summed E-state index contributed by atoms with van der Waals surface area (Å²) in [5.41, 5.74) is 3.51. The van der Waals surface area contributed by atoms with E-state index < -0.39 is 0 Å². The van der Waals surface area contributed by atoms with Crippen molar-refractivity contribution in [2.24, 2.45) is 0 Å². The van der Waals surface area contributed by atoms with Crippen LogP contribution in [0, 0.1) is 12.7 Å². The van der Waals surface area contributed by atoms with E-state index in [1.54, 1.807) is 24.3 Å². The molecule has 0 aliphatic rings. The summed E-state index contributed by atoms with van der Waals surface area (Å²) in [6.07, 6.45) is 1.49. The Morgan fingerprint density at radius 2 is 1.87 bits per heavy atom. The fraction of sp³-hybridized carbons (Fsp3) is 0.0526. The van der Waals surface area contributed by atoms with Crippen molar-refractivity contribution in [3.63, 3.8) is 0 Å². The zero-order valence-corrected chi connectivity index (χ0v) is 12.6. The SMILES string of the molecule is Cc1ccccc1NC(=O)c1ccc(-c2cccc(F)c2)nc1. The fourth-order valence-electron chi connectivity index (χ4n) is 2.25. The van der Waals surface area contributed by atoms with Gasteiger partial charge in [-0.15, -0.1) is 0 Å². The number of nitrogens with one attached hydrogen (secondary N) is 1. The molecular weight excluding hydrogens is 291 g/mol. The zero-order chi connectivity index (χ0) is 16.2. The van der Waals surface area contributed by atoms with Crippen molar-refractivity contribution in [3.05, 3.63) is 83.8 Å². The number of aryl methyl sites for hydroxylation is 1. The summed E-state index contributed by atoms with van der Waals surface area (Å²) in [7, 11) is 0. The Hall–Kier alpha value is -3.01. The second-order valence-corrected chi connectivity index (χ2v) is 5.21. The van der Waals surface area contributed by atoms with Gasteiger partial charge in [0.25, 0.3) is 5.91 Å². The molecule has 0 spiro atoms. The van der Waals surface area contributed by atoms with Crippen molar-refractivity contribution in [3.8, 4) is 11.3 Å². The van der Waals surface area contributed by atoms with Crippen LogP contribution in [0.3, 0.4) is 0 Å². The number of halogens is 1. The Morgan fingerprint density at radius 1 is 1.04 bits per heavy atom. The predicted molar refractivity (Wildman–Crippen MR) is 88.8 cm³/mol. The molecule has 3 rings (SSSR count). The van der Waals surface area contributed by atoms with Gasteiger partial charge in [0.2, 0.25) is 0 Å². The first kappa shape index (κ1) is 14.9. The average molecular weight is 306 g/mol. The number of carbonyl (C=O) groups is 1. The summed E-state index contributed by atoms with van der Waals surface area (Å²) < 4.78 is 13.2. The highest BCUT2D eigenvalue weighted by Crippen LogP contribution is 2.19. The highest BCUT2D eigenvalue weighted by atomic mass is 19.1. The van der Waals surface area contributed by atoms with Gasteiger partial charge in [-0.05, 0) is 42.8 Å². The molecule has 0 atom stereocenters. The van der Waals surface area contributed by atoms with Gasteiger partial charge in [0, 0.05) is 17.4 Å². The Labute approximate surface area is 133 Å². The van der Waals surface area contributed by atoms with Gasteiger partial charge in [-0.25, -0.2) is 4.39 Å². The summed E-state index contributed by atoms with van der Waals surface area (Å²) in [5.74, 6) is -0.539. The molecule has 1 amide bonds. The van der Waals surface area contributed by atoms with Crippen molar-refractivity contribution in [1.29, 1.82) is 0 Å². The number of aromatic nitrogens is 1. The molecule has 23 heavy (non-hydrogen) atoms. The van der Waals surface area contributed by atoms with E-state index in [1.165, 1.54) is 18.3 Å². The molecular formula is C19H15FN2O. The topological polar surface area (TPSA) is 42.0 Å². The van der Waals surface area contributed by atoms with E-state index in [0.717, 1.165) is 11.3 Å². The molecule has 0 aliphatic carbocycles. The lowest BCUT2D eigenvalue weighted by molar-refractivity contribution is 0.102. The maximum absolute atomic E-state index is 13.2. The number of carbonyl (C=O) groups excluding carboxylic acids is 1. The van der Waals surface area contributed by atoms with Crippen LogP contribution < -0.4 is 5.32 Å². The smallest absolute Gasteiger partial charge is 0.257 e. The molecule has 0 saturated carbocycles. The first-order chi connectivity index (χ1) is 11.1. The summed E-state index contributed by atoms with van der Waals surface area (Å²) in [6.45, 7) is 1.93. The highest BCUT2D eigenvalue weighted by molar-refractivity contribution is 6.04. The number of amides is 1. The second-order valence-electron chi connectivity index (χ2n) is 5.21. The number of hydrogen-bond acceptors (Lipinski definition) is 2. The van der Waals surface area contributed by atoms with Gasteiger partial charge in [0.1, 0.15) is 5.82 Å². The van der Waals surface area contributed by atoms with Crippen LogP contribution in [0.4, 0.5) is 10.1 Å². The van der Waals surface area contributed by atoms with Crippen LogP contribution in [0.15, 0.2) is 66.9 Å². The number of benzene rings is 2. The van der Waals surface area contributed by atoms with Gasteiger partial charge in [0.05, 0.1) is 11.3 Å². The summed E-state index contributed by atoms with van der Waals surface area (Å²) in [4.78, 5) is 16.5. The number of hydrogen-bond donors (Lipinski definition) is 1. The Balaban J connectivity index is 1.79. The highest BCUT2D eigenvalue weighted by Gasteiger charge is 2.09. The summed E-state index contributed by atoms with van der Waals surface area (Å²) >= 11 is 0. The third-order valence-electron chi connectivity index (χ3n) is 3.54. The minimum absolute atomic E-state index is 0.224. The fourth-order valence-corrected chi connectivity index (χ4v) is 2.25. The summed E-state index contributed by atoms with van der Waals surface area (Å²) in [5, 5.41) is 2.86. The molecule has 2 aromatic carbocycles.